The highest BCUT2D eigenvalue weighted by molar-refractivity contribution is 6.46. The monoisotopic (exact) mass is 451 g/mol. The lowest BCUT2D eigenvalue weighted by Gasteiger charge is -2.25. The van der Waals surface area contributed by atoms with Crippen molar-refractivity contribution < 1.29 is 24.3 Å². The molecule has 1 saturated heterocycles. The summed E-state index contributed by atoms with van der Waals surface area (Å²) in [6.07, 6.45) is 0.764. The Morgan fingerprint density at radius 2 is 1.82 bits per heavy atom. The van der Waals surface area contributed by atoms with Crippen LogP contribution >= 0.6 is 0 Å². The molecule has 0 radical (unpaired) electrons. The van der Waals surface area contributed by atoms with Gasteiger partial charge in [-0.3, -0.25) is 9.59 Å². The Bertz CT molecular complexity index is 1030. The number of aliphatic hydroxyl groups is 1. The Morgan fingerprint density at radius 3 is 2.42 bits per heavy atom. The quantitative estimate of drug-likeness (QED) is 0.349. The second-order valence-electron chi connectivity index (χ2n) is 9.40. The van der Waals surface area contributed by atoms with Gasteiger partial charge in [0.05, 0.1) is 38.9 Å². The number of quaternary nitrogens is 1. The summed E-state index contributed by atoms with van der Waals surface area (Å²) in [4.78, 5) is 29.0. The molecule has 6 heteroatoms. The van der Waals surface area contributed by atoms with E-state index >= 15 is 0 Å². The smallest absolute Gasteiger partial charge is 0.295 e. The molecule has 33 heavy (non-hydrogen) atoms. The van der Waals surface area contributed by atoms with Crippen molar-refractivity contribution in [3.63, 3.8) is 0 Å². The molecule has 1 unspecified atom stereocenters. The number of rotatable bonds is 9. The molecule has 3 rings (SSSR count). The number of benzene rings is 2. The maximum absolute atomic E-state index is 13.1. The SMILES string of the molecule is Cc1cc(OCC(C)C)ccc1C(O)=C1C(=O)C(=O)N(CCC[NH+](C)C)C1c1ccccc1. The van der Waals surface area contributed by atoms with Crippen molar-refractivity contribution in [3.05, 3.63) is 70.8 Å². The van der Waals surface area contributed by atoms with Gasteiger partial charge >= 0.3 is 0 Å². The zero-order valence-electron chi connectivity index (χ0n) is 20.2. The van der Waals surface area contributed by atoms with Crippen LogP contribution in [0.4, 0.5) is 0 Å². The Kier molecular flexibility index (Phi) is 7.92. The lowest BCUT2D eigenvalue weighted by atomic mass is 9.94. The van der Waals surface area contributed by atoms with Crippen LogP contribution in [0.5, 0.6) is 5.75 Å². The molecule has 2 aromatic carbocycles. The summed E-state index contributed by atoms with van der Waals surface area (Å²) >= 11 is 0. The molecule has 1 aliphatic heterocycles. The summed E-state index contributed by atoms with van der Waals surface area (Å²) in [5.41, 5.74) is 2.26. The lowest BCUT2D eigenvalue weighted by molar-refractivity contribution is -0.858. The van der Waals surface area contributed by atoms with Gasteiger partial charge in [-0.25, -0.2) is 0 Å². The van der Waals surface area contributed by atoms with Crippen molar-refractivity contribution in [2.24, 2.45) is 5.92 Å². The predicted octanol–water partition coefficient (Wildman–Crippen LogP) is 2.99. The summed E-state index contributed by atoms with van der Waals surface area (Å²) < 4.78 is 5.79. The van der Waals surface area contributed by atoms with Crippen LogP contribution in [0.1, 0.15) is 43.0 Å². The summed E-state index contributed by atoms with van der Waals surface area (Å²) in [5.74, 6) is -0.235. The van der Waals surface area contributed by atoms with Crippen molar-refractivity contribution >= 4 is 17.4 Å². The third-order valence-corrected chi connectivity index (χ3v) is 5.77. The number of aryl methyl sites for hydroxylation is 1. The number of Topliss-reactive ketones (excluding diaryl/α,β-unsaturated/α-hetero) is 1. The molecular weight excluding hydrogens is 416 g/mol. The Morgan fingerprint density at radius 1 is 1.12 bits per heavy atom. The number of nitrogens with zero attached hydrogens (tertiary/aromatic N) is 1. The van der Waals surface area contributed by atoms with Crippen molar-refractivity contribution in [1.82, 2.24) is 4.90 Å². The highest BCUT2D eigenvalue weighted by atomic mass is 16.5. The van der Waals surface area contributed by atoms with Gasteiger partial charge in [0, 0.05) is 18.5 Å². The molecule has 0 saturated carbocycles. The van der Waals surface area contributed by atoms with Gasteiger partial charge in [-0.15, -0.1) is 0 Å². The second kappa shape index (κ2) is 10.7. The van der Waals surface area contributed by atoms with E-state index in [0.29, 0.717) is 30.4 Å². The number of aliphatic hydroxyl groups excluding tert-OH is 1. The van der Waals surface area contributed by atoms with Crippen LogP contribution in [0, 0.1) is 12.8 Å². The molecule has 1 heterocycles. The molecule has 1 aliphatic rings. The van der Waals surface area contributed by atoms with Crippen LogP contribution in [0.15, 0.2) is 54.1 Å². The van der Waals surface area contributed by atoms with Crippen LogP contribution in [0.25, 0.3) is 5.76 Å². The molecule has 6 nitrogen and oxygen atoms in total. The first kappa shape index (κ1) is 24.5. The van der Waals surface area contributed by atoms with E-state index in [4.69, 9.17) is 4.74 Å². The summed E-state index contributed by atoms with van der Waals surface area (Å²) in [7, 11) is 4.11. The van der Waals surface area contributed by atoms with E-state index in [-0.39, 0.29) is 11.3 Å². The highest BCUT2D eigenvalue weighted by Gasteiger charge is 2.45. The van der Waals surface area contributed by atoms with Crippen molar-refractivity contribution in [3.8, 4) is 5.75 Å². The molecule has 176 valence electrons. The fraction of sp³-hybridized carbons (Fsp3) is 0.407. The second-order valence-corrected chi connectivity index (χ2v) is 9.40. The van der Waals surface area contributed by atoms with Gasteiger partial charge in [-0.1, -0.05) is 44.2 Å². The van der Waals surface area contributed by atoms with Gasteiger partial charge in [0.1, 0.15) is 11.5 Å². The normalized spacial score (nSPS) is 17.9. The standard InChI is InChI=1S/C27H34N2O4/c1-18(2)17-33-21-12-13-22(19(3)16-21)25(30)23-24(20-10-7-6-8-11-20)29(27(32)26(23)31)15-9-14-28(4)5/h6-8,10-13,16,18,24,30H,9,14-15,17H2,1-5H3/p+1. The number of ether oxygens (including phenoxy) is 1. The first-order chi connectivity index (χ1) is 15.7. The average molecular weight is 452 g/mol. The zero-order valence-corrected chi connectivity index (χ0v) is 20.2. The first-order valence-electron chi connectivity index (χ1n) is 11.6. The molecule has 1 amide bonds. The number of ketones is 1. The predicted molar refractivity (Wildman–Crippen MR) is 129 cm³/mol. The van der Waals surface area contributed by atoms with Crippen molar-refractivity contribution in [2.75, 3.05) is 33.8 Å². The molecule has 0 spiro atoms. The van der Waals surface area contributed by atoms with Gasteiger partial charge in [0.25, 0.3) is 11.7 Å². The Hall–Kier alpha value is -3.12. The zero-order chi connectivity index (χ0) is 24.1. The lowest BCUT2D eigenvalue weighted by Crippen LogP contribution is -3.05. The number of carbonyl (C=O) groups excluding carboxylic acids is 2. The van der Waals surface area contributed by atoms with Crippen molar-refractivity contribution in [1.29, 1.82) is 0 Å². The number of carbonyl (C=O) groups is 2. The van der Waals surface area contributed by atoms with Gasteiger partial charge < -0.3 is 19.6 Å². The number of likely N-dealkylation sites (tertiary alicyclic amines) is 1. The van der Waals surface area contributed by atoms with Gasteiger partial charge in [-0.05, 0) is 42.2 Å². The molecular formula is C27H35N2O4+. The summed E-state index contributed by atoms with van der Waals surface area (Å²) in [5, 5.41) is 11.3. The minimum absolute atomic E-state index is 0.141. The number of hydrogen-bond acceptors (Lipinski definition) is 4. The summed E-state index contributed by atoms with van der Waals surface area (Å²) in [6, 6.07) is 14.2. The van der Waals surface area contributed by atoms with E-state index in [1.807, 2.05) is 43.3 Å². The van der Waals surface area contributed by atoms with E-state index in [1.54, 1.807) is 17.0 Å². The maximum Gasteiger partial charge on any atom is 0.295 e. The molecule has 0 bridgehead atoms. The average Bonchev–Trinajstić information content (AvgIpc) is 3.02. The molecule has 2 N–H and O–H groups in total. The Balaban J connectivity index is 2.02. The third kappa shape index (κ3) is 5.63. The molecule has 2 aromatic rings. The van der Waals surface area contributed by atoms with Gasteiger partial charge in [0.15, 0.2) is 0 Å². The molecule has 0 aliphatic carbocycles. The topological polar surface area (TPSA) is 71.3 Å². The Labute approximate surface area is 196 Å². The first-order valence-corrected chi connectivity index (χ1v) is 11.6. The fourth-order valence-electron chi connectivity index (χ4n) is 4.10. The molecule has 0 aromatic heterocycles. The van der Waals surface area contributed by atoms with Gasteiger partial charge in [0.2, 0.25) is 0 Å². The summed E-state index contributed by atoms with van der Waals surface area (Å²) in [6.45, 7) is 7.95. The van der Waals surface area contributed by atoms with Crippen molar-refractivity contribution in [2.45, 2.75) is 33.2 Å². The number of hydrogen-bond donors (Lipinski definition) is 2. The fourth-order valence-corrected chi connectivity index (χ4v) is 4.10. The molecule has 1 fully saturated rings. The largest absolute Gasteiger partial charge is 0.507 e. The molecule has 1 atom stereocenters. The van der Waals surface area contributed by atoms with Crippen LogP contribution in [0.2, 0.25) is 0 Å². The maximum atomic E-state index is 13.1. The number of amides is 1. The minimum Gasteiger partial charge on any atom is -0.507 e. The minimum atomic E-state index is -0.641. The van der Waals surface area contributed by atoms with E-state index in [2.05, 4.69) is 27.9 Å². The number of nitrogens with one attached hydrogen (secondary N) is 1. The van der Waals surface area contributed by atoms with E-state index in [1.165, 1.54) is 4.90 Å². The third-order valence-electron chi connectivity index (χ3n) is 5.77. The van der Waals surface area contributed by atoms with Crippen LogP contribution < -0.4 is 9.64 Å². The van der Waals surface area contributed by atoms with E-state index < -0.39 is 17.7 Å². The van der Waals surface area contributed by atoms with Crippen LogP contribution in [-0.4, -0.2) is 55.5 Å². The van der Waals surface area contributed by atoms with Gasteiger partial charge in [-0.2, -0.15) is 0 Å². The van der Waals surface area contributed by atoms with Crippen LogP contribution in [0.3, 0.4) is 0 Å². The van der Waals surface area contributed by atoms with E-state index in [0.717, 1.165) is 24.1 Å². The highest BCUT2D eigenvalue weighted by Crippen LogP contribution is 2.40. The van der Waals surface area contributed by atoms with Crippen LogP contribution in [-0.2, 0) is 9.59 Å². The van der Waals surface area contributed by atoms with E-state index in [9.17, 15) is 14.7 Å².